The van der Waals surface area contributed by atoms with Crippen LogP contribution in [0.2, 0.25) is 0 Å². The fourth-order valence-corrected chi connectivity index (χ4v) is 2.39. The van der Waals surface area contributed by atoms with E-state index in [9.17, 15) is 4.79 Å². The van der Waals surface area contributed by atoms with Gasteiger partial charge in [0.1, 0.15) is 0 Å². The zero-order valence-electron chi connectivity index (χ0n) is 11.7. The highest BCUT2D eigenvalue weighted by Gasteiger charge is 2.11. The van der Waals surface area contributed by atoms with Gasteiger partial charge in [0.15, 0.2) is 0 Å². The van der Waals surface area contributed by atoms with Gasteiger partial charge >= 0.3 is 6.09 Å². The van der Waals surface area contributed by atoms with E-state index in [1.54, 1.807) is 6.92 Å². The number of hydrogen-bond acceptors (Lipinski definition) is 2. The molecule has 102 valence electrons. The molecule has 0 fully saturated rings. The number of nitrogens with one attached hydrogen (secondary N) is 1. The Labute approximate surface area is 113 Å². The molecule has 0 spiro atoms. The number of nitrogens with zero attached hydrogens (tertiary/aromatic N) is 1. The lowest BCUT2D eigenvalue weighted by molar-refractivity contribution is 0.152. The summed E-state index contributed by atoms with van der Waals surface area (Å²) in [6.07, 6.45) is 0.465. The first-order valence-electron chi connectivity index (χ1n) is 6.58. The SMILES string of the molecule is CCOC(=O)NCCc1c(C)n(C)c2ccccc12. The molecule has 0 saturated heterocycles. The second-order valence-electron chi connectivity index (χ2n) is 4.54. The van der Waals surface area contributed by atoms with Crippen molar-refractivity contribution >= 4 is 17.0 Å². The van der Waals surface area contributed by atoms with Crippen LogP contribution >= 0.6 is 0 Å². The molecule has 0 bridgehead atoms. The first-order chi connectivity index (χ1) is 9.15. The number of alkyl carbamates (subject to hydrolysis) is 1. The Balaban J connectivity index is 2.12. The van der Waals surface area contributed by atoms with E-state index >= 15 is 0 Å². The van der Waals surface area contributed by atoms with Crippen molar-refractivity contribution in [2.24, 2.45) is 7.05 Å². The molecule has 0 atom stereocenters. The van der Waals surface area contributed by atoms with E-state index in [0.717, 1.165) is 6.42 Å². The van der Waals surface area contributed by atoms with E-state index in [1.165, 1.54) is 22.2 Å². The first-order valence-corrected chi connectivity index (χ1v) is 6.58. The van der Waals surface area contributed by atoms with Gasteiger partial charge in [0, 0.05) is 30.2 Å². The summed E-state index contributed by atoms with van der Waals surface area (Å²) in [5.41, 5.74) is 3.76. The average Bonchev–Trinajstić information content (AvgIpc) is 2.65. The van der Waals surface area contributed by atoms with Crippen LogP contribution in [0.1, 0.15) is 18.2 Å². The monoisotopic (exact) mass is 260 g/mol. The summed E-state index contributed by atoms with van der Waals surface area (Å²) >= 11 is 0. The Morgan fingerprint density at radius 1 is 1.37 bits per heavy atom. The lowest BCUT2D eigenvalue weighted by Crippen LogP contribution is -2.26. The zero-order valence-corrected chi connectivity index (χ0v) is 11.7. The van der Waals surface area contributed by atoms with E-state index in [-0.39, 0.29) is 6.09 Å². The van der Waals surface area contributed by atoms with Crippen LogP contribution in [0.5, 0.6) is 0 Å². The van der Waals surface area contributed by atoms with Crippen molar-refractivity contribution in [2.45, 2.75) is 20.3 Å². The molecule has 0 aliphatic heterocycles. The number of para-hydroxylation sites is 1. The van der Waals surface area contributed by atoms with Gasteiger partial charge in [0.25, 0.3) is 0 Å². The molecule has 0 saturated carbocycles. The summed E-state index contributed by atoms with van der Waals surface area (Å²) in [5, 5.41) is 4.02. The number of aromatic nitrogens is 1. The number of aryl methyl sites for hydroxylation is 1. The molecule has 0 radical (unpaired) electrons. The van der Waals surface area contributed by atoms with Crippen molar-refractivity contribution in [3.05, 3.63) is 35.5 Å². The van der Waals surface area contributed by atoms with Crippen LogP contribution in [-0.4, -0.2) is 23.8 Å². The molecule has 1 heterocycles. The number of rotatable bonds is 4. The number of fused-ring (bicyclic) bond motifs is 1. The van der Waals surface area contributed by atoms with E-state index in [2.05, 4.69) is 36.0 Å². The smallest absolute Gasteiger partial charge is 0.407 e. The molecule has 19 heavy (non-hydrogen) atoms. The zero-order chi connectivity index (χ0) is 13.8. The summed E-state index contributed by atoms with van der Waals surface area (Å²) in [6, 6.07) is 8.33. The number of ether oxygens (including phenoxy) is 1. The molecule has 1 aromatic heterocycles. The minimum Gasteiger partial charge on any atom is -0.450 e. The molecular formula is C15H20N2O2. The predicted molar refractivity (Wildman–Crippen MR) is 76.4 cm³/mol. The van der Waals surface area contributed by atoms with E-state index < -0.39 is 0 Å². The Kier molecular flexibility index (Phi) is 4.10. The van der Waals surface area contributed by atoms with Gasteiger partial charge in [0.2, 0.25) is 0 Å². The molecule has 4 nitrogen and oxygen atoms in total. The first kappa shape index (κ1) is 13.5. The van der Waals surface area contributed by atoms with Crippen molar-refractivity contribution in [2.75, 3.05) is 13.2 Å². The van der Waals surface area contributed by atoms with Crippen LogP contribution in [0.3, 0.4) is 0 Å². The normalized spacial score (nSPS) is 10.7. The lowest BCUT2D eigenvalue weighted by atomic mass is 10.1. The van der Waals surface area contributed by atoms with Crippen molar-refractivity contribution in [3.63, 3.8) is 0 Å². The number of amides is 1. The van der Waals surface area contributed by atoms with Crippen molar-refractivity contribution < 1.29 is 9.53 Å². The highest BCUT2D eigenvalue weighted by molar-refractivity contribution is 5.85. The summed E-state index contributed by atoms with van der Waals surface area (Å²) < 4.78 is 7.04. The molecule has 2 aromatic rings. The molecular weight excluding hydrogens is 240 g/mol. The summed E-state index contributed by atoms with van der Waals surface area (Å²) in [7, 11) is 2.07. The third-order valence-electron chi connectivity index (χ3n) is 3.45. The van der Waals surface area contributed by atoms with Gasteiger partial charge in [-0.15, -0.1) is 0 Å². The van der Waals surface area contributed by atoms with Crippen molar-refractivity contribution in [1.82, 2.24) is 9.88 Å². The number of benzene rings is 1. The molecule has 2 rings (SSSR count). The van der Waals surface area contributed by atoms with Gasteiger partial charge in [0.05, 0.1) is 6.61 Å². The quantitative estimate of drug-likeness (QED) is 0.918. The average molecular weight is 260 g/mol. The second kappa shape index (κ2) is 5.78. The van der Waals surface area contributed by atoms with Crippen molar-refractivity contribution in [3.8, 4) is 0 Å². The molecule has 1 amide bonds. The molecule has 1 N–H and O–H groups in total. The van der Waals surface area contributed by atoms with Crippen LogP contribution in [0.4, 0.5) is 4.79 Å². The Morgan fingerprint density at radius 2 is 2.11 bits per heavy atom. The second-order valence-corrected chi connectivity index (χ2v) is 4.54. The van der Waals surface area contributed by atoms with Crippen molar-refractivity contribution in [1.29, 1.82) is 0 Å². The number of hydrogen-bond donors (Lipinski definition) is 1. The molecule has 0 unspecified atom stereocenters. The van der Waals surface area contributed by atoms with E-state index in [4.69, 9.17) is 4.74 Å². The van der Waals surface area contributed by atoms with Crippen LogP contribution in [0.25, 0.3) is 10.9 Å². The largest absolute Gasteiger partial charge is 0.450 e. The topological polar surface area (TPSA) is 43.3 Å². The van der Waals surface area contributed by atoms with Gasteiger partial charge in [-0.1, -0.05) is 18.2 Å². The molecule has 0 aliphatic carbocycles. The highest BCUT2D eigenvalue weighted by atomic mass is 16.5. The molecule has 1 aromatic carbocycles. The summed E-state index contributed by atoms with van der Waals surface area (Å²) in [4.78, 5) is 11.2. The van der Waals surface area contributed by atoms with Gasteiger partial charge in [-0.3, -0.25) is 0 Å². The minimum atomic E-state index is -0.347. The maximum atomic E-state index is 11.2. The van der Waals surface area contributed by atoms with Crippen LogP contribution < -0.4 is 5.32 Å². The fourth-order valence-electron chi connectivity index (χ4n) is 2.39. The maximum absolute atomic E-state index is 11.2. The Hall–Kier alpha value is -1.97. The van der Waals surface area contributed by atoms with E-state index in [1.807, 2.05) is 12.1 Å². The van der Waals surface area contributed by atoms with Gasteiger partial charge < -0.3 is 14.6 Å². The molecule has 0 aliphatic rings. The van der Waals surface area contributed by atoms with E-state index in [0.29, 0.717) is 13.2 Å². The van der Waals surface area contributed by atoms with Gasteiger partial charge in [-0.2, -0.15) is 0 Å². The Bertz CT molecular complexity index is 587. The number of carbonyl (C=O) groups is 1. The fraction of sp³-hybridized carbons (Fsp3) is 0.400. The highest BCUT2D eigenvalue weighted by Crippen LogP contribution is 2.24. The minimum absolute atomic E-state index is 0.347. The van der Waals surface area contributed by atoms with Gasteiger partial charge in [-0.05, 0) is 31.9 Å². The lowest BCUT2D eigenvalue weighted by Gasteiger charge is -2.05. The number of carbonyl (C=O) groups excluding carboxylic acids is 1. The van der Waals surface area contributed by atoms with Gasteiger partial charge in [-0.25, -0.2) is 4.79 Å². The van der Waals surface area contributed by atoms with Crippen LogP contribution in [0.15, 0.2) is 24.3 Å². The maximum Gasteiger partial charge on any atom is 0.407 e. The third-order valence-corrected chi connectivity index (χ3v) is 3.45. The summed E-state index contributed by atoms with van der Waals surface area (Å²) in [6.45, 7) is 4.90. The summed E-state index contributed by atoms with van der Waals surface area (Å²) in [5.74, 6) is 0. The van der Waals surface area contributed by atoms with Crippen LogP contribution in [-0.2, 0) is 18.2 Å². The Morgan fingerprint density at radius 3 is 2.84 bits per heavy atom. The van der Waals surface area contributed by atoms with Crippen LogP contribution in [0, 0.1) is 6.92 Å². The predicted octanol–water partition coefficient (Wildman–Crippen LogP) is 2.78. The molecule has 4 heteroatoms. The third kappa shape index (κ3) is 2.72. The standard InChI is InChI=1S/C15H20N2O2/c1-4-19-15(18)16-10-9-12-11(2)17(3)14-8-6-5-7-13(12)14/h5-8H,4,9-10H2,1-3H3,(H,16,18).